The summed E-state index contributed by atoms with van der Waals surface area (Å²) in [6.07, 6.45) is 4.89. The molecule has 2 aromatic heterocycles. The quantitative estimate of drug-likeness (QED) is 0.707. The van der Waals surface area contributed by atoms with Gasteiger partial charge in [0.25, 0.3) is 0 Å². The summed E-state index contributed by atoms with van der Waals surface area (Å²) in [7, 11) is -3.52. The van der Waals surface area contributed by atoms with Crippen LogP contribution >= 0.6 is 0 Å². The van der Waals surface area contributed by atoms with E-state index in [4.69, 9.17) is 4.42 Å². The van der Waals surface area contributed by atoms with Gasteiger partial charge in [-0.2, -0.15) is 9.52 Å². The van der Waals surface area contributed by atoms with Gasteiger partial charge >= 0.3 is 0 Å². The van der Waals surface area contributed by atoms with Gasteiger partial charge in [-0.1, -0.05) is 6.07 Å². The third-order valence-electron chi connectivity index (χ3n) is 4.44. The molecule has 0 saturated heterocycles. The highest BCUT2D eigenvalue weighted by Crippen LogP contribution is 2.36. The van der Waals surface area contributed by atoms with Crippen LogP contribution in [0.5, 0.6) is 0 Å². The summed E-state index contributed by atoms with van der Waals surface area (Å²) in [4.78, 5) is 8.57. The minimum Gasteiger partial charge on any atom is -0.466 e. The summed E-state index contributed by atoms with van der Waals surface area (Å²) in [6, 6.07) is 7.08. The van der Waals surface area contributed by atoms with Crippen LogP contribution in [0.1, 0.15) is 35.1 Å². The Hall–Kier alpha value is -2.74. The summed E-state index contributed by atoms with van der Waals surface area (Å²) in [5.74, 6) is 1.51. The highest BCUT2D eigenvalue weighted by atomic mass is 32.2. The second-order valence-corrected chi connectivity index (χ2v) is 8.27. The zero-order chi connectivity index (χ0) is 18.5. The van der Waals surface area contributed by atoms with E-state index >= 15 is 0 Å². The fourth-order valence-electron chi connectivity index (χ4n) is 3.31. The SMILES string of the molecule is Cc1cc(C2=NN(S(C)(=O)=O)[C@H](c3ccc4nccnc4c3)C2)c(C)o1. The molecule has 1 aliphatic heterocycles. The molecule has 0 fully saturated rings. The monoisotopic (exact) mass is 370 g/mol. The maximum Gasteiger partial charge on any atom is 0.247 e. The number of aryl methyl sites for hydroxylation is 2. The largest absolute Gasteiger partial charge is 0.466 e. The Balaban J connectivity index is 1.79. The van der Waals surface area contributed by atoms with E-state index < -0.39 is 16.1 Å². The summed E-state index contributed by atoms with van der Waals surface area (Å²) in [5.41, 5.74) is 3.87. The van der Waals surface area contributed by atoms with Crippen molar-refractivity contribution in [3.05, 3.63) is 59.3 Å². The molecule has 8 heteroatoms. The van der Waals surface area contributed by atoms with Gasteiger partial charge < -0.3 is 4.42 Å². The minimum atomic E-state index is -3.52. The first-order valence-electron chi connectivity index (χ1n) is 8.18. The predicted molar refractivity (Wildman–Crippen MR) is 98.3 cm³/mol. The van der Waals surface area contributed by atoms with Crippen LogP contribution in [0.25, 0.3) is 11.0 Å². The molecule has 0 saturated carbocycles. The lowest BCUT2D eigenvalue weighted by Crippen LogP contribution is -2.25. The van der Waals surface area contributed by atoms with Crippen molar-refractivity contribution < 1.29 is 12.8 Å². The number of benzene rings is 1. The molecule has 3 aromatic rings. The molecule has 0 radical (unpaired) electrons. The van der Waals surface area contributed by atoms with Gasteiger partial charge in [0.1, 0.15) is 11.5 Å². The molecule has 134 valence electrons. The Labute approximate surface area is 151 Å². The van der Waals surface area contributed by atoms with Crippen LogP contribution in [0.2, 0.25) is 0 Å². The molecule has 26 heavy (non-hydrogen) atoms. The van der Waals surface area contributed by atoms with Crippen LogP contribution in [-0.4, -0.2) is 34.8 Å². The number of aromatic nitrogens is 2. The zero-order valence-electron chi connectivity index (χ0n) is 14.7. The van der Waals surface area contributed by atoms with Gasteiger partial charge in [-0.25, -0.2) is 8.42 Å². The second kappa shape index (κ2) is 5.91. The second-order valence-electron chi connectivity index (χ2n) is 6.43. The van der Waals surface area contributed by atoms with Gasteiger partial charge in [0.2, 0.25) is 10.0 Å². The van der Waals surface area contributed by atoms with E-state index in [1.165, 1.54) is 10.7 Å². The molecule has 0 unspecified atom stereocenters. The maximum absolute atomic E-state index is 12.3. The van der Waals surface area contributed by atoms with Gasteiger partial charge in [0.05, 0.1) is 29.0 Å². The molecule has 0 aliphatic carbocycles. The van der Waals surface area contributed by atoms with Crippen LogP contribution in [0, 0.1) is 13.8 Å². The lowest BCUT2D eigenvalue weighted by atomic mass is 9.99. The molecular weight excluding hydrogens is 352 g/mol. The van der Waals surface area contributed by atoms with E-state index in [0.717, 1.165) is 33.7 Å². The zero-order valence-corrected chi connectivity index (χ0v) is 15.5. The van der Waals surface area contributed by atoms with E-state index in [2.05, 4.69) is 15.1 Å². The van der Waals surface area contributed by atoms with Gasteiger partial charge in [-0.15, -0.1) is 0 Å². The Bertz CT molecular complexity index is 1130. The number of nitrogens with zero attached hydrogens (tertiary/aromatic N) is 4. The third-order valence-corrected chi connectivity index (χ3v) is 5.46. The maximum atomic E-state index is 12.3. The topological polar surface area (TPSA) is 88.7 Å². The van der Waals surface area contributed by atoms with Gasteiger partial charge in [0, 0.05) is 24.4 Å². The first-order chi connectivity index (χ1) is 12.3. The lowest BCUT2D eigenvalue weighted by Gasteiger charge is -2.21. The number of fused-ring (bicyclic) bond motifs is 1. The van der Waals surface area contributed by atoms with Crippen LogP contribution < -0.4 is 0 Å². The van der Waals surface area contributed by atoms with Crippen LogP contribution in [0.15, 0.2) is 46.2 Å². The van der Waals surface area contributed by atoms with E-state index in [0.29, 0.717) is 12.1 Å². The fraction of sp³-hybridized carbons (Fsp3) is 0.278. The summed E-state index contributed by atoms with van der Waals surface area (Å²) < 4.78 is 31.4. The predicted octanol–water partition coefficient (Wildman–Crippen LogP) is 2.95. The van der Waals surface area contributed by atoms with E-state index in [1.807, 2.05) is 38.1 Å². The Morgan fingerprint density at radius 3 is 2.50 bits per heavy atom. The molecule has 7 nitrogen and oxygen atoms in total. The first-order valence-corrected chi connectivity index (χ1v) is 10.0. The Kier molecular flexibility index (Phi) is 3.80. The summed E-state index contributed by atoms with van der Waals surface area (Å²) in [6.45, 7) is 3.72. The lowest BCUT2D eigenvalue weighted by molar-refractivity contribution is 0.375. The smallest absolute Gasteiger partial charge is 0.247 e. The van der Waals surface area contributed by atoms with E-state index in [1.54, 1.807) is 12.4 Å². The number of hydrazone groups is 1. The van der Waals surface area contributed by atoms with Crippen LogP contribution in [0.3, 0.4) is 0 Å². The van der Waals surface area contributed by atoms with Crippen molar-refractivity contribution in [2.24, 2.45) is 5.10 Å². The van der Waals surface area contributed by atoms with Gasteiger partial charge in [0.15, 0.2) is 0 Å². The summed E-state index contributed by atoms with van der Waals surface area (Å²) >= 11 is 0. The van der Waals surface area contributed by atoms with E-state index in [-0.39, 0.29) is 0 Å². The number of furan rings is 1. The number of hydrogen-bond donors (Lipinski definition) is 0. The normalized spacial score (nSPS) is 17.7. The molecule has 1 aliphatic rings. The van der Waals surface area contributed by atoms with Gasteiger partial charge in [-0.3, -0.25) is 9.97 Å². The fourth-order valence-corrected chi connectivity index (χ4v) is 4.22. The van der Waals surface area contributed by atoms with Crippen LogP contribution in [0.4, 0.5) is 0 Å². The molecule has 0 amide bonds. The van der Waals surface area contributed by atoms with Crippen molar-refractivity contribution in [1.29, 1.82) is 0 Å². The average Bonchev–Trinajstić information content (AvgIpc) is 3.17. The molecular formula is C18H18N4O3S. The number of rotatable bonds is 3. The molecule has 3 heterocycles. The highest BCUT2D eigenvalue weighted by molar-refractivity contribution is 7.88. The Morgan fingerprint density at radius 1 is 1.12 bits per heavy atom. The molecule has 1 atom stereocenters. The minimum absolute atomic E-state index is 0.416. The average molecular weight is 370 g/mol. The first kappa shape index (κ1) is 16.7. The summed E-state index contributed by atoms with van der Waals surface area (Å²) in [5, 5.41) is 4.41. The van der Waals surface area contributed by atoms with Crippen molar-refractivity contribution in [3.63, 3.8) is 0 Å². The number of sulfonamides is 1. The van der Waals surface area contributed by atoms with Crippen molar-refractivity contribution >= 4 is 26.8 Å². The molecule has 0 bridgehead atoms. The van der Waals surface area contributed by atoms with Crippen LogP contribution in [-0.2, 0) is 10.0 Å². The van der Waals surface area contributed by atoms with Crippen molar-refractivity contribution in [1.82, 2.24) is 14.4 Å². The third kappa shape index (κ3) is 2.86. The Morgan fingerprint density at radius 2 is 1.85 bits per heavy atom. The van der Waals surface area contributed by atoms with Gasteiger partial charge in [-0.05, 0) is 37.6 Å². The highest BCUT2D eigenvalue weighted by Gasteiger charge is 2.35. The number of hydrogen-bond acceptors (Lipinski definition) is 6. The molecule has 1 aromatic carbocycles. The van der Waals surface area contributed by atoms with Crippen molar-refractivity contribution in [2.45, 2.75) is 26.3 Å². The standard InChI is InChI=1S/C18H18N4O3S/c1-11-8-14(12(2)25-11)16-10-18(22(21-16)26(3,23)24)13-4-5-15-17(9-13)20-7-6-19-15/h4-9,18H,10H2,1-3H3/t18-/m0/s1. The van der Waals surface area contributed by atoms with Crippen molar-refractivity contribution in [3.8, 4) is 0 Å². The molecule has 4 rings (SSSR count). The van der Waals surface area contributed by atoms with Crippen molar-refractivity contribution in [2.75, 3.05) is 6.26 Å². The molecule has 0 spiro atoms. The van der Waals surface area contributed by atoms with E-state index in [9.17, 15) is 8.42 Å². The molecule has 0 N–H and O–H groups in total.